The number of azo groups is 1. The Balaban J connectivity index is 1.50. The summed E-state index contributed by atoms with van der Waals surface area (Å²) in [5.41, 5.74) is 1.68. The van der Waals surface area contributed by atoms with Gasteiger partial charge < -0.3 is 13.8 Å². The van der Waals surface area contributed by atoms with Crippen molar-refractivity contribution in [3.63, 3.8) is 0 Å². The molecule has 10 heteroatoms. The van der Waals surface area contributed by atoms with Gasteiger partial charge in [0.1, 0.15) is 11.5 Å². The first-order valence-electron chi connectivity index (χ1n) is 9.92. The summed E-state index contributed by atoms with van der Waals surface area (Å²) in [6.07, 6.45) is 3.56. The molecule has 9 nitrogen and oxygen atoms in total. The number of benzene rings is 2. The summed E-state index contributed by atoms with van der Waals surface area (Å²) in [4.78, 5) is 10.3. The van der Waals surface area contributed by atoms with Crippen molar-refractivity contribution in [1.82, 2.24) is 0 Å². The monoisotopic (exact) mass is 455 g/mol. The molecule has 1 fully saturated rings. The van der Waals surface area contributed by atoms with Crippen molar-refractivity contribution in [2.75, 3.05) is 13.2 Å². The zero-order valence-corrected chi connectivity index (χ0v) is 18.7. The molecule has 0 amide bonds. The molecule has 2 aromatic carbocycles. The highest BCUT2D eigenvalue weighted by molar-refractivity contribution is 7.58. The lowest BCUT2D eigenvalue weighted by molar-refractivity contribution is -0.384. The molecule has 0 aliphatic carbocycles. The maximum Gasteiger partial charge on any atom is 0.360 e. The molecule has 2 aliphatic heterocycles. The summed E-state index contributed by atoms with van der Waals surface area (Å²) in [5.74, 6) is 1.01. The summed E-state index contributed by atoms with van der Waals surface area (Å²) < 4.78 is 30.2. The van der Waals surface area contributed by atoms with Crippen LogP contribution < -0.4 is 4.74 Å². The summed E-state index contributed by atoms with van der Waals surface area (Å²) in [6.45, 7) is 6.36. The fraction of sp³-hybridized carbons (Fsp3) is 0.273. The Hall–Kier alpha value is -3.13. The van der Waals surface area contributed by atoms with Crippen molar-refractivity contribution in [3.8, 4) is 5.75 Å². The molecular weight excluding hydrogens is 433 g/mol. The van der Waals surface area contributed by atoms with Crippen LogP contribution in [0.3, 0.4) is 0 Å². The number of nitrogens with zero attached hydrogens (tertiary/aromatic N) is 3. The maximum atomic E-state index is 13.1. The Kier molecular flexibility index (Phi) is 5.81. The van der Waals surface area contributed by atoms with E-state index in [1.807, 2.05) is 19.9 Å². The van der Waals surface area contributed by atoms with Crippen LogP contribution in [0.4, 0.5) is 17.1 Å². The predicted molar refractivity (Wildman–Crippen MR) is 119 cm³/mol. The molecule has 0 radical (unpaired) electrons. The summed E-state index contributed by atoms with van der Waals surface area (Å²) >= 11 is 0. The molecular formula is C22H22N3O6P. The number of non-ortho nitro benzene ring substituents is 1. The Morgan fingerprint density at radius 2 is 1.66 bits per heavy atom. The fourth-order valence-electron chi connectivity index (χ4n) is 3.02. The molecule has 2 aliphatic rings. The van der Waals surface area contributed by atoms with E-state index < -0.39 is 12.5 Å². The minimum atomic E-state index is -3.40. The van der Waals surface area contributed by atoms with E-state index in [1.165, 1.54) is 24.3 Å². The third-order valence-electron chi connectivity index (χ3n) is 4.99. The first-order chi connectivity index (χ1) is 15.2. The largest absolute Gasteiger partial charge is 0.456 e. The number of hydrogen-bond acceptors (Lipinski definition) is 8. The molecule has 166 valence electrons. The van der Waals surface area contributed by atoms with Crippen LogP contribution in [-0.4, -0.2) is 18.1 Å². The molecule has 0 aromatic heterocycles. The third kappa shape index (κ3) is 4.70. The lowest BCUT2D eigenvalue weighted by Crippen LogP contribution is -2.29. The number of nitro benzene ring substituents is 1. The SMILES string of the molecule is C/C(=C1\C=Cc2cc(N=Nc3ccc([N+](=O)[O-])cc3)ccc2O1)P1(=O)OCC(C)(C)CO1. The van der Waals surface area contributed by atoms with Gasteiger partial charge in [-0.05, 0) is 49.4 Å². The van der Waals surface area contributed by atoms with Gasteiger partial charge in [0.25, 0.3) is 5.69 Å². The van der Waals surface area contributed by atoms with Crippen molar-refractivity contribution < 1.29 is 23.3 Å². The second kappa shape index (κ2) is 8.43. The fourth-order valence-corrected chi connectivity index (χ4v) is 4.91. The van der Waals surface area contributed by atoms with Gasteiger partial charge >= 0.3 is 7.60 Å². The van der Waals surface area contributed by atoms with Gasteiger partial charge in [-0.25, -0.2) is 0 Å². The van der Waals surface area contributed by atoms with E-state index in [-0.39, 0.29) is 11.1 Å². The van der Waals surface area contributed by atoms with Gasteiger partial charge in [-0.1, -0.05) is 13.8 Å². The average molecular weight is 455 g/mol. The molecule has 2 aromatic rings. The van der Waals surface area contributed by atoms with Crippen molar-refractivity contribution in [3.05, 3.63) is 75.3 Å². The number of ether oxygens (including phenoxy) is 1. The molecule has 1 saturated heterocycles. The number of fused-ring (bicyclic) bond motifs is 1. The summed E-state index contributed by atoms with van der Waals surface area (Å²) in [6, 6.07) is 11.1. The summed E-state index contributed by atoms with van der Waals surface area (Å²) in [7, 11) is -3.40. The van der Waals surface area contributed by atoms with E-state index in [0.717, 1.165) is 5.56 Å². The Morgan fingerprint density at radius 1 is 1.03 bits per heavy atom. The van der Waals surface area contributed by atoms with Crippen LogP contribution in [0.15, 0.2) is 69.8 Å². The van der Waals surface area contributed by atoms with Gasteiger partial charge in [-0.15, -0.1) is 0 Å². The average Bonchev–Trinajstić information content (AvgIpc) is 2.79. The van der Waals surface area contributed by atoms with Crippen LogP contribution in [-0.2, 0) is 13.6 Å². The summed E-state index contributed by atoms with van der Waals surface area (Å²) in [5, 5.41) is 19.4. The van der Waals surface area contributed by atoms with Crippen LogP contribution in [0.5, 0.6) is 5.75 Å². The zero-order valence-electron chi connectivity index (χ0n) is 17.8. The number of rotatable bonds is 4. The van der Waals surface area contributed by atoms with Crippen molar-refractivity contribution in [2.24, 2.45) is 15.6 Å². The second-order valence-corrected chi connectivity index (χ2v) is 10.5. The highest BCUT2D eigenvalue weighted by Crippen LogP contribution is 2.61. The second-order valence-electron chi connectivity index (χ2n) is 8.29. The molecule has 0 unspecified atom stereocenters. The van der Waals surface area contributed by atoms with Crippen molar-refractivity contribution >= 4 is 30.7 Å². The van der Waals surface area contributed by atoms with Crippen LogP contribution in [0.25, 0.3) is 6.08 Å². The molecule has 0 N–H and O–H groups in total. The predicted octanol–water partition coefficient (Wildman–Crippen LogP) is 6.91. The number of allylic oxidation sites excluding steroid dienone is 2. The highest BCUT2D eigenvalue weighted by atomic mass is 31.2. The Labute approximate surface area is 185 Å². The highest BCUT2D eigenvalue weighted by Gasteiger charge is 2.39. The van der Waals surface area contributed by atoms with E-state index >= 15 is 0 Å². The quantitative estimate of drug-likeness (QED) is 0.214. The minimum absolute atomic E-state index is 0.00536. The van der Waals surface area contributed by atoms with E-state index in [0.29, 0.717) is 41.4 Å². The van der Waals surface area contributed by atoms with Crippen LogP contribution in [0.2, 0.25) is 0 Å². The smallest absolute Gasteiger partial charge is 0.360 e. The van der Waals surface area contributed by atoms with Crippen LogP contribution in [0.1, 0.15) is 26.3 Å². The Bertz CT molecular complexity index is 1190. The Morgan fingerprint density at radius 3 is 2.31 bits per heavy atom. The molecule has 2 heterocycles. The number of nitro groups is 1. The molecule has 0 bridgehead atoms. The normalized spacial score (nSPS) is 20.5. The lowest BCUT2D eigenvalue weighted by atomic mass is 9.97. The van der Waals surface area contributed by atoms with Gasteiger partial charge in [-0.3, -0.25) is 14.7 Å². The topological polar surface area (TPSA) is 113 Å². The van der Waals surface area contributed by atoms with Gasteiger partial charge in [0.15, 0.2) is 0 Å². The minimum Gasteiger partial charge on any atom is -0.456 e. The van der Waals surface area contributed by atoms with Gasteiger partial charge in [0.2, 0.25) is 0 Å². The van der Waals surface area contributed by atoms with Gasteiger partial charge in [-0.2, -0.15) is 10.2 Å². The lowest BCUT2D eigenvalue weighted by Gasteiger charge is -2.34. The van der Waals surface area contributed by atoms with Crippen LogP contribution in [0, 0.1) is 15.5 Å². The molecule has 32 heavy (non-hydrogen) atoms. The van der Waals surface area contributed by atoms with Gasteiger partial charge in [0, 0.05) is 23.1 Å². The first kappa shape index (κ1) is 22.1. The van der Waals surface area contributed by atoms with Gasteiger partial charge in [0.05, 0.1) is 34.8 Å². The third-order valence-corrected chi connectivity index (χ3v) is 6.97. The zero-order chi connectivity index (χ0) is 22.9. The van der Waals surface area contributed by atoms with Crippen molar-refractivity contribution in [2.45, 2.75) is 20.8 Å². The standard InChI is InChI=1S/C22H22N3O6P/c1-15(32(28)29-13-22(2,3)14-30-32)20-10-4-16-12-18(7-11-21(16)31-20)24-23-17-5-8-19(9-6-17)25(26)27/h4-12H,13-14H2,1-3H3/b20-15-,24-23?. The van der Waals surface area contributed by atoms with E-state index in [4.69, 9.17) is 13.8 Å². The van der Waals surface area contributed by atoms with E-state index in [1.54, 1.807) is 31.2 Å². The molecule has 0 saturated carbocycles. The first-order valence-corrected chi connectivity index (χ1v) is 11.5. The number of hydrogen-bond donors (Lipinski definition) is 0. The van der Waals surface area contributed by atoms with Crippen molar-refractivity contribution in [1.29, 1.82) is 0 Å². The molecule has 0 spiro atoms. The van der Waals surface area contributed by atoms with Crippen LogP contribution >= 0.6 is 7.60 Å². The molecule has 4 rings (SSSR count). The van der Waals surface area contributed by atoms with E-state index in [9.17, 15) is 14.7 Å². The molecule has 0 atom stereocenters. The van der Waals surface area contributed by atoms with E-state index in [2.05, 4.69) is 10.2 Å². The maximum absolute atomic E-state index is 13.1.